The number of halogens is 1. The van der Waals surface area contributed by atoms with Crippen molar-refractivity contribution in [3.63, 3.8) is 0 Å². The largest absolute Gasteiger partial charge is 0.357 e. The molecule has 0 aromatic heterocycles. The Morgan fingerprint density at radius 2 is 1.93 bits per heavy atom. The summed E-state index contributed by atoms with van der Waals surface area (Å²) in [7, 11) is -3.20. The predicted molar refractivity (Wildman–Crippen MR) is 108 cm³/mol. The molecule has 0 bridgehead atoms. The molecule has 8 heteroatoms. The molecule has 2 rings (SSSR count). The Hall–Kier alpha value is -1.67. The molecule has 1 saturated heterocycles. The summed E-state index contributed by atoms with van der Waals surface area (Å²) in [5.74, 6) is 0.154. The summed E-state index contributed by atoms with van der Waals surface area (Å²) in [5.41, 5.74) is 1.18. The topological polar surface area (TPSA) is 73.8 Å². The quantitative estimate of drug-likeness (QED) is 0.517. The minimum atomic E-state index is -3.20. The fourth-order valence-electron chi connectivity index (χ4n) is 3.19. The highest BCUT2D eigenvalue weighted by Gasteiger charge is 2.12. The van der Waals surface area contributed by atoms with E-state index in [9.17, 15) is 12.8 Å². The number of nitrogens with zero attached hydrogens (tertiary/aromatic N) is 2. The molecule has 0 amide bonds. The number of hydrogen-bond acceptors (Lipinski definition) is 4. The van der Waals surface area contributed by atoms with Crippen molar-refractivity contribution in [2.45, 2.75) is 38.5 Å². The van der Waals surface area contributed by atoms with Crippen LogP contribution in [0.3, 0.4) is 0 Å². The van der Waals surface area contributed by atoms with Crippen molar-refractivity contribution < 1.29 is 12.8 Å². The van der Waals surface area contributed by atoms with Crippen LogP contribution < -0.4 is 10.6 Å². The van der Waals surface area contributed by atoms with Gasteiger partial charge in [0, 0.05) is 25.9 Å². The fourth-order valence-corrected chi connectivity index (χ4v) is 4.03. The van der Waals surface area contributed by atoms with Gasteiger partial charge in [0.1, 0.15) is 5.82 Å². The van der Waals surface area contributed by atoms with Crippen LogP contribution in [-0.2, 0) is 22.1 Å². The second-order valence-electron chi connectivity index (χ2n) is 7.01. The highest BCUT2D eigenvalue weighted by molar-refractivity contribution is 7.89. The zero-order chi connectivity index (χ0) is 19.7. The van der Waals surface area contributed by atoms with Gasteiger partial charge in [0.25, 0.3) is 0 Å². The maximum Gasteiger partial charge on any atom is 0.191 e. The molecular formula is C19H31FN4O2S. The number of hydrogen-bond donors (Lipinski definition) is 2. The molecule has 0 saturated carbocycles. The Balaban J connectivity index is 1.99. The van der Waals surface area contributed by atoms with Gasteiger partial charge in [-0.25, -0.2) is 17.8 Å². The van der Waals surface area contributed by atoms with Crippen LogP contribution in [0.1, 0.15) is 37.3 Å². The molecule has 0 aliphatic carbocycles. The average Bonchev–Trinajstić information content (AvgIpc) is 2.61. The highest BCUT2D eigenvalue weighted by Crippen LogP contribution is 2.15. The second-order valence-corrected chi connectivity index (χ2v) is 9.15. The lowest BCUT2D eigenvalue weighted by Crippen LogP contribution is -2.42. The predicted octanol–water partition coefficient (Wildman–Crippen LogP) is 1.91. The van der Waals surface area contributed by atoms with Gasteiger partial charge in [-0.3, -0.25) is 0 Å². The molecule has 0 unspecified atom stereocenters. The van der Waals surface area contributed by atoms with Crippen molar-refractivity contribution in [2.75, 3.05) is 39.0 Å². The number of piperidine rings is 1. The standard InChI is InChI=1S/C19H31FN4O2S/c1-3-21-19(22-9-12-24-10-5-4-6-11-24)23-14-17-13-18(20)8-7-16(17)15-27(2,25)26/h7-8,13H,3-6,9-12,14-15H2,1-2H3,(H2,21,22,23). The normalized spacial score (nSPS) is 16.3. The maximum atomic E-state index is 13.6. The van der Waals surface area contributed by atoms with Gasteiger partial charge in [0.2, 0.25) is 0 Å². The first kappa shape index (κ1) is 21.6. The first-order valence-corrected chi connectivity index (χ1v) is 11.6. The molecule has 1 aliphatic rings. The lowest BCUT2D eigenvalue weighted by atomic mass is 10.1. The van der Waals surface area contributed by atoms with Crippen LogP contribution >= 0.6 is 0 Å². The molecule has 1 aliphatic heterocycles. The van der Waals surface area contributed by atoms with Crippen LogP contribution in [0.15, 0.2) is 23.2 Å². The van der Waals surface area contributed by atoms with Crippen molar-refractivity contribution in [2.24, 2.45) is 4.99 Å². The fraction of sp³-hybridized carbons (Fsp3) is 0.632. The summed E-state index contributed by atoms with van der Waals surface area (Å²) in [6.07, 6.45) is 5.01. The van der Waals surface area contributed by atoms with Crippen LogP contribution in [0.2, 0.25) is 0 Å². The zero-order valence-electron chi connectivity index (χ0n) is 16.3. The van der Waals surface area contributed by atoms with Gasteiger partial charge in [-0.15, -0.1) is 0 Å². The zero-order valence-corrected chi connectivity index (χ0v) is 17.1. The first-order chi connectivity index (χ1) is 12.9. The van der Waals surface area contributed by atoms with Crippen LogP contribution in [0, 0.1) is 5.82 Å². The van der Waals surface area contributed by atoms with E-state index in [1.165, 1.54) is 43.7 Å². The van der Waals surface area contributed by atoms with E-state index in [2.05, 4.69) is 20.5 Å². The summed E-state index contributed by atoms with van der Waals surface area (Å²) < 4.78 is 36.8. The van der Waals surface area contributed by atoms with E-state index in [1.807, 2.05) is 6.92 Å². The van der Waals surface area contributed by atoms with Gasteiger partial charge >= 0.3 is 0 Å². The van der Waals surface area contributed by atoms with Crippen LogP contribution in [0.5, 0.6) is 0 Å². The van der Waals surface area contributed by atoms with Gasteiger partial charge in [-0.05, 0) is 56.1 Å². The Morgan fingerprint density at radius 3 is 2.59 bits per heavy atom. The van der Waals surface area contributed by atoms with Crippen LogP contribution in [0.25, 0.3) is 0 Å². The Labute approximate surface area is 162 Å². The SMILES string of the molecule is CCNC(=NCc1cc(F)ccc1CS(C)(=O)=O)NCCN1CCCCC1. The van der Waals surface area contributed by atoms with E-state index < -0.39 is 9.84 Å². The molecule has 1 aromatic rings. The summed E-state index contributed by atoms with van der Waals surface area (Å²) in [5, 5.41) is 6.49. The molecule has 152 valence electrons. The molecular weight excluding hydrogens is 367 g/mol. The Kier molecular flexibility index (Phi) is 8.50. The van der Waals surface area contributed by atoms with Crippen molar-refractivity contribution in [3.8, 4) is 0 Å². The number of sulfone groups is 1. The minimum absolute atomic E-state index is 0.114. The number of nitrogens with one attached hydrogen (secondary N) is 2. The van der Waals surface area contributed by atoms with Crippen LogP contribution in [0.4, 0.5) is 4.39 Å². The van der Waals surface area contributed by atoms with E-state index in [0.717, 1.165) is 32.7 Å². The van der Waals surface area contributed by atoms with Gasteiger partial charge in [0.15, 0.2) is 15.8 Å². The van der Waals surface area contributed by atoms with Gasteiger partial charge in [-0.2, -0.15) is 0 Å². The number of guanidine groups is 1. The second kappa shape index (κ2) is 10.6. The van der Waals surface area contributed by atoms with E-state index >= 15 is 0 Å². The number of likely N-dealkylation sites (tertiary alicyclic amines) is 1. The molecule has 2 N–H and O–H groups in total. The molecule has 0 atom stereocenters. The maximum absolute atomic E-state index is 13.6. The lowest BCUT2D eigenvalue weighted by molar-refractivity contribution is 0.232. The lowest BCUT2D eigenvalue weighted by Gasteiger charge is -2.26. The third-order valence-corrected chi connectivity index (χ3v) is 5.34. The number of rotatable bonds is 8. The first-order valence-electron chi connectivity index (χ1n) is 9.57. The van der Waals surface area contributed by atoms with E-state index in [-0.39, 0.29) is 18.1 Å². The Bertz CT molecular complexity index is 731. The van der Waals surface area contributed by atoms with Crippen molar-refractivity contribution in [3.05, 3.63) is 35.1 Å². The molecule has 0 radical (unpaired) electrons. The number of benzene rings is 1. The highest BCUT2D eigenvalue weighted by atomic mass is 32.2. The van der Waals surface area contributed by atoms with Crippen molar-refractivity contribution in [1.29, 1.82) is 0 Å². The third kappa shape index (κ3) is 8.26. The molecule has 1 aromatic carbocycles. The average molecular weight is 399 g/mol. The summed E-state index contributed by atoms with van der Waals surface area (Å²) in [6.45, 7) is 6.96. The molecule has 27 heavy (non-hydrogen) atoms. The van der Waals surface area contributed by atoms with Gasteiger partial charge in [-0.1, -0.05) is 12.5 Å². The minimum Gasteiger partial charge on any atom is -0.357 e. The summed E-state index contributed by atoms with van der Waals surface area (Å²) in [6, 6.07) is 4.18. The third-order valence-electron chi connectivity index (χ3n) is 4.51. The molecule has 6 nitrogen and oxygen atoms in total. The van der Waals surface area contributed by atoms with E-state index in [0.29, 0.717) is 17.1 Å². The summed E-state index contributed by atoms with van der Waals surface area (Å²) in [4.78, 5) is 6.95. The molecule has 1 fully saturated rings. The smallest absolute Gasteiger partial charge is 0.191 e. The van der Waals surface area contributed by atoms with E-state index in [1.54, 1.807) is 0 Å². The van der Waals surface area contributed by atoms with Gasteiger partial charge in [0.05, 0.1) is 12.3 Å². The van der Waals surface area contributed by atoms with Gasteiger partial charge < -0.3 is 15.5 Å². The Morgan fingerprint density at radius 1 is 1.19 bits per heavy atom. The summed E-state index contributed by atoms with van der Waals surface area (Å²) >= 11 is 0. The van der Waals surface area contributed by atoms with Crippen LogP contribution in [-0.4, -0.2) is 58.3 Å². The van der Waals surface area contributed by atoms with E-state index in [4.69, 9.17) is 0 Å². The molecule has 0 spiro atoms. The van der Waals surface area contributed by atoms with Crippen molar-refractivity contribution in [1.82, 2.24) is 15.5 Å². The number of aliphatic imine (C=N–C) groups is 1. The van der Waals surface area contributed by atoms with Crippen molar-refractivity contribution >= 4 is 15.8 Å². The monoisotopic (exact) mass is 398 g/mol. The molecule has 1 heterocycles.